The summed E-state index contributed by atoms with van der Waals surface area (Å²) in [6, 6.07) is 8.56. The van der Waals surface area contributed by atoms with Crippen molar-refractivity contribution in [2.24, 2.45) is 0 Å². The van der Waals surface area contributed by atoms with Crippen LogP contribution in [0.5, 0.6) is 0 Å². The number of anilines is 1. The number of nitrogens with zero attached hydrogens (tertiary/aromatic N) is 5. The van der Waals surface area contributed by atoms with Gasteiger partial charge in [0.25, 0.3) is 5.91 Å². The van der Waals surface area contributed by atoms with Crippen LogP contribution in [0.1, 0.15) is 54.3 Å². The van der Waals surface area contributed by atoms with Crippen molar-refractivity contribution in [2.75, 3.05) is 5.32 Å². The highest BCUT2D eigenvalue weighted by atomic mass is 16.1. The van der Waals surface area contributed by atoms with E-state index in [-0.39, 0.29) is 17.6 Å². The number of amidine groups is 1. The average molecular weight is 431 g/mol. The largest absolute Gasteiger partial charge is 0.314 e. The van der Waals surface area contributed by atoms with Crippen molar-refractivity contribution in [1.82, 2.24) is 24.4 Å². The minimum atomic E-state index is -0.414. The van der Waals surface area contributed by atoms with Gasteiger partial charge in [0.15, 0.2) is 5.84 Å². The number of carbonyl (C=O) groups excluding carboxylic acids is 1. The quantitative estimate of drug-likeness (QED) is 0.408. The molecule has 164 valence electrons. The molecule has 3 aromatic heterocycles. The first-order valence-electron chi connectivity index (χ1n) is 10.7. The molecule has 0 fully saturated rings. The van der Waals surface area contributed by atoms with Gasteiger partial charge in [0.2, 0.25) is 0 Å². The summed E-state index contributed by atoms with van der Waals surface area (Å²) in [6.07, 6.45) is 8.88. The van der Waals surface area contributed by atoms with Crippen molar-refractivity contribution in [3.63, 3.8) is 0 Å². The standard InChI is InChI=1S/C23H26N8O/c1-15(2)30(13-24)22(25)18-7-5-8-19(28-18)23(32)29-21-12-16(10-11-26-21)31-14-27-17-6-3-4-9-20(17)31/h5,7-8,10-15,24-25H,3-4,6,9H2,1-2H3,(H,26,29,32). The van der Waals surface area contributed by atoms with E-state index in [1.54, 1.807) is 24.4 Å². The Labute approximate surface area is 186 Å². The summed E-state index contributed by atoms with van der Waals surface area (Å²) in [4.78, 5) is 27.4. The molecule has 1 aliphatic carbocycles. The molecular weight excluding hydrogens is 404 g/mol. The normalized spacial score (nSPS) is 12.8. The van der Waals surface area contributed by atoms with Gasteiger partial charge in [-0.3, -0.25) is 15.6 Å². The lowest BCUT2D eigenvalue weighted by Crippen LogP contribution is -2.36. The van der Waals surface area contributed by atoms with Crippen LogP contribution in [0.3, 0.4) is 0 Å². The molecule has 0 aromatic carbocycles. The van der Waals surface area contributed by atoms with E-state index >= 15 is 0 Å². The van der Waals surface area contributed by atoms with Crippen molar-refractivity contribution in [2.45, 2.75) is 45.6 Å². The maximum absolute atomic E-state index is 12.8. The van der Waals surface area contributed by atoms with E-state index in [1.165, 1.54) is 17.0 Å². The zero-order valence-corrected chi connectivity index (χ0v) is 18.2. The molecule has 0 aliphatic heterocycles. The summed E-state index contributed by atoms with van der Waals surface area (Å²) in [5, 5.41) is 18.7. The van der Waals surface area contributed by atoms with Crippen LogP contribution in [-0.2, 0) is 12.8 Å². The van der Waals surface area contributed by atoms with E-state index in [0.29, 0.717) is 11.5 Å². The van der Waals surface area contributed by atoms with Crippen LogP contribution < -0.4 is 5.32 Å². The Hall–Kier alpha value is -3.88. The van der Waals surface area contributed by atoms with E-state index in [9.17, 15) is 4.79 Å². The Kier molecular flexibility index (Phi) is 6.07. The zero-order valence-electron chi connectivity index (χ0n) is 18.2. The summed E-state index contributed by atoms with van der Waals surface area (Å²) in [7, 11) is 0. The van der Waals surface area contributed by atoms with Crippen molar-refractivity contribution in [1.29, 1.82) is 10.8 Å². The van der Waals surface area contributed by atoms with Gasteiger partial charge in [0.05, 0.1) is 24.0 Å². The number of imidazole rings is 1. The summed E-state index contributed by atoms with van der Waals surface area (Å²) >= 11 is 0. The highest BCUT2D eigenvalue weighted by Gasteiger charge is 2.18. The third-order valence-electron chi connectivity index (χ3n) is 5.47. The molecule has 3 N–H and O–H groups in total. The number of amides is 1. The molecule has 0 saturated carbocycles. The van der Waals surface area contributed by atoms with E-state index in [1.807, 2.05) is 32.3 Å². The molecule has 3 aromatic rings. The molecule has 3 heterocycles. The number of hydrogen-bond donors (Lipinski definition) is 3. The predicted octanol–water partition coefficient (Wildman–Crippen LogP) is 3.44. The number of pyridine rings is 2. The van der Waals surface area contributed by atoms with Crippen molar-refractivity contribution in [3.8, 4) is 5.69 Å². The van der Waals surface area contributed by atoms with Gasteiger partial charge < -0.3 is 14.8 Å². The maximum atomic E-state index is 12.8. The molecule has 9 heteroatoms. The molecule has 0 saturated heterocycles. The first-order valence-corrected chi connectivity index (χ1v) is 10.7. The van der Waals surface area contributed by atoms with Crippen LogP contribution in [0.2, 0.25) is 0 Å². The molecular formula is C23H26N8O. The van der Waals surface area contributed by atoms with Gasteiger partial charge in [0, 0.05) is 24.0 Å². The highest BCUT2D eigenvalue weighted by Crippen LogP contribution is 2.24. The second-order valence-corrected chi connectivity index (χ2v) is 7.96. The third-order valence-corrected chi connectivity index (χ3v) is 5.47. The Morgan fingerprint density at radius 3 is 2.75 bits per heavy atom. The molecule has 1 amide bonds. The zero-order chi connectivity index (χ0) is 22.7. The first kappa shape index (κ1) is 21.4. The van der Waals surface area contributed by atoms with Crippen LogP contribution in [-0.4, -0.2) is 48.5 Å². The Morgan fingerprint density at radius 1 is 1.19 bits per heavy atom. The predicted molar refractivity (Wildman–Crippen MR) is 123 cm³/mol. The fourth-order valence-corrected chi connectivity index (χ4v) is 3.81. The minimum Gasteiger partial charge on any atom is -0.314 e. The maximum Gasteiger partial charge on any atom is 0.275 e. The summed E-state index contributed by atoms with van der Waals surface area (Å²) in [5.41, 5.74) is 3.75. The Bertz CT molecular complexity index is 1170. The van der Waals surface area contributed by atoms with Gasteiger partial charge >= 0.3 is 0 Å². The fourth-order valence-electron chi connectivity index (χ4n) is 3.81. The molecule has 1 aliphatic rings. The lowest BCUT2D eigenvalue weighted by atomic mass is 10.0. The van der Waals surface area contributed by atoms with Gasteiger partial charge in [-0.05, 0) is 57.7 Å². The SMILES string of the molecule is CC(C)N(C=N)C(=N)c1cccc(C(=O)Nc2cc(-n3cnc4c3CCCC4)ccn2)n1. The Balaban J connectivity index is 1.54. The van der Waals surface area contributed by atoms with Crippen molar-refractivity contribution >= 4 is 23.9 Å². The van der Waals surface area contributed by atoms with Gasteiger partial charge in [-0.1, -0.05) is 6.07 Å². The second-order valence-electron chi connectivity index (χ2n) is 7.96. The van der Waals surface area contributed by atoms with Gasteiger partial charge in [-0.15, -0.1) is 0 Å². The molecule has 4 rings (SSSR count). The molecule has 0 atom stereocenters. The van der Waals surface area contributed by atoms with Crippen LogP contribution in [0.4, 0.5) is 5.82 Å². The Morgan fingerprint density at radius 2 is 1.97 bits per heavy atom. The van der Waals surface area contributed by atoms with Gasteiger partial charge in [-0.2, -0.15) is 0 Å². The molecule has 32 heavy (non-hydrogen) atoms. The highest BCUT2D eigenvalue weighted by molar-refractivity contribution is 6.05. The smallest absolute Gasteiger partial charge is 0.275 e. The summed E-state index contributed by atoms with van der Waals surface area (Å²) in [5.74, 6) is 0.0638. The molecule has 0 bridgehead atoms. The number of hydrogen-bond acceptors (Lipinski definition) is 6. The van der Waals surface area contributed by atoms with E-state index < -0.39 is 5.91 Å². The average Bonchev–Trinajstić information content (AvgIpc) is 3.24. The number of rotatable bonds is 6. The molecule has 0 radical (unpaired) electrons. The second kappa shape index (κ2) is 9.09. The molecule has 0 unspecified atom stereocenters. The van der Waals surface area contributed by atoms with Gasteiger partial charge in [-0.25, -0.2) is 15.0 Å². The van der Waals surface area contributed by atoms with Crippen LogP contribution in [0.15, 0.2) is 42.9 Å². The summed E-state index contributed by atoms with van der Waals surface area (Å²) in [6.45, 7) is 3.76. The number of aryl methyl sites for hydroxylation is 1. The molecule has 0 spiro atoms. The van der Waals surface area contributed by atoms with Crippen LogP contribution in [0.25, 0.3) is 5.69 Å². The van der Waals surface area contributed by atoms with E-state index in [2.05, 4.69) is 24.8 Å². The fraction of sp³-hybridized carbons (Fsp3) is 0.304. The number of carbonyl (C=O) groups is 1. The first-order chi connectivity index (χ1) is 15.5. The monoisotopic (exact) mass is 430 g/mol. The lowest BCUT2D eigenvalue weighted by Gasteiger charge is -2.23. The summed E-state index contributed by atoms with van der Waals surface area (Å²) < 4.78 is 2.06. The minimum absolute atomic E-state index is 0.0645. The number of nitrogens with one attached hydrogen (secondary N) is 3. The van der Waals surface area contributed by atoms with Crippen molar-refractivity contribution in [3.05, 3.63) is 65.6 Å². The van der Waals surface area contributed by atoms with E-state index in [0.717, 1.165) is 37.0 Å². The van der Waals surface area contributed by atoms with E-state index in [4.69, 9.17) is 10.8 Å². The van der Waals surface area contributed by atoms with Crippen molar-refractivity contribution < 1.29 is 4.79 Å². The lowest BCUT2D eigenvalue weighted by molar-refractivity contribution is 0.102. The number of fused-ring (bicyclic) bond motifs is 1. The topological polar surface area (TPSA) is 124 Å². The van der Waals surface area contributed by atoms with Crippen LogP contribution >= 0.6 is 0 Å². The third kappa shape index (κ3) is 4.27. The number of aromatic nitrogens is 4. The van der Waals surface area contributed by atoms with Crippen LogP contribution in [0, 0.1) is 10.8 Å². The molecule has 9 nitrogen and oxygen atoms in total. The van der Waals surface area contributed by atoms with Gasteiger partial charge in [0.1, 0.15) is 17.2 Å².